The summed E-state index contributed by atoms with van der Waals surface area (Å²) in [4.78, 5) is 4.25. The molecule has 1 aromatic rings. The molecule has 15 heavy (non-hydrogen) atoms. The summed E-state index contributed by atoms with van der Waals surface area (Å²) in [7, 11) is 0. The van der Waals surface area contributed by atoms with E-state index in [1.54, 1.807) is 0 Å². The molecule has 1 aromatic heterocycles. The van der Waals surface area contributed by atoms with Gasteiger partial charge in [0.25, 0.3) is 0 Å². The van der Waals surface area contributed by atoms with Crippen LogP contribution in [0.25, 0.3) is 0 Å². The smallest absolute Gasteiger partial charge is 0.0949 e. The normalized spacial score (nSPS) is 13.0. The summed E-state index contributed by atoms with van der Waals surface area (Å²) in [6.45, 7) is 3.23. The van der Waals surface area contributed by atoms with E-state index in [0.29, 0.717) is 6.42 Å². The van der Waals surface area contributed by atoms with Crippen LogP contribution in [0.1, 0.15) is 31.9 Å². The molecule has 0 saturated heterocycles. The van der Waals surface area contributed by atoms with E-state index >= 15 is 0 Å². The number of hydrogen-bond donors (Lipinski definition) is 2. The van der Waals surface area contributed by atoms with E-state index in [4.69, 9.17) is 10.8 Å². The zero-order valence-corrected chi connectivity index (χ0v) is 9.39. The maximum Gasteiger partial charge on any atom is 0.0949 e. The van der Waals surface area contributed by atoms with Gasteiger partial charge >= 0.3 is 0 Å². The molecule has 3 N–H and O–H groups in total. The number of nitrogens with zero attached hydrogens (tertiary/aromatic N) is 2. The van der Waals surface area contributed by atoms with Gasteiger partial charge in [0, 0.05) is 25.2 Å². The van der Waals surface area contributed by atoms with Gasteiger partial charge in [0.2, 0.25) is 0 Å². The fourth-order valence-corrected chi connectivity index (χ4v) is 1.51. The SMILES string of the molecule is CCCCCn1cnc(CC(N)CO)c1. The third-order valence-electron chi connectivity index (χ3n) is 2.41. The second-order valence-corrected chi connectivity index (χ2v) is 3.96. The minimum atomic E-state index is -0.191. The van der Waals surface area contributed by atoms with E-state index in [-0.39, 0.29) is 12.6 Å². The van der Waals surface area contributed by atoms with Gasteiger partial charge in [-0.2, -0.15) is 0 Å². The molecule has 0 aliphatic carbocycles. The van der Waals surface area contributed by atoms with Crippen molar-refractivity contribution in [2.24, 2.45) is 5.73 Å². The van der Waals surface area contributed by atoms with Crippen LogP contribution in [0.5, 0.6) is 0 Å². The fraction of sp³-hybridized carbons (Fsp3) is 0.727. The van der Waals surface area contributed by atoms with Crippen molar-refractivity contribution in [3.05, 3.63) is 18.2 Å². The highest BCUT2D eigenvalue weighted by atomic mass is 16.3. The molecule has 0 aromatic carbocycles. The number of nitrogens with two attached hydrogens (primary N) is 1. The lowest BCUT2D eigenvalue weighted by Crippen LogP contribution is -2.26. The Labute approximate surface area is 91.1 Å². The number of unbranched alkanes of at least 4 members (excludes halogenated alkanes) is 2. The van der Waals surface area contributed by atoms with E-state index in [0.717, 1.165) is 12.2 Å². The van der Waals surface area contributed by atoms with Crippen LogP contribution in [0.4, 0.5) is 0 Å². The van der Waals surface area contributed by atoms with Crippen molar-refractivity contribution in [2.75, 3.05) is 6.61 Å². The molecular weight excluding hydrogens is 190 g/mol. The third-order valence-corrected chi connectivity index (χ3v) is 2.41. The predicted octanol–water partition coefficient (Wildman–Crippen LogP) is 0.935. The summed E-state index contributed by atoms with van der Waals surface area (Å²) in [5, 5.41) is 8.82. The predicted molar refractivity (Wildman–Crippen MR) is 60.5 cm³/mol. The lowest BCUT2D eigenvalue weighted by Gasteiger charge is -2.04. The summed E-state index contributed by atoms with van der Waals surface area (Å²) in [6, 6.07) is -0.191. The van der Waals surface area contributed by atoms with Gasteiger partial charge in [-0.3, -0.25) is 0 Å². The Balaban J connectivity index is 2.35. The van der Waals surface area contributed by atoms with Gasteiger partial charge in [-0.15, -0.1) is 0 Å². The average Bonchev–Trinajstić information content (AvgIpc) is 2.66. The van der Waals surface area contributed by atoms with Crippen molar-refractivity contribution in [1.29, 1.82) is 0 Å². The van der Waals surface area contributed by atoms with Crippen LogP contribution < -0.4 is 5.73 Å². The minimum Gasteiger partial charge on any atom is -0.395 e. The van der Waals surface area contributed by atoms with Crippen LogP contribution >= 0.6 is 0 Å². The summed E-state index contributed by atoms with van der Waals surface area (Å²) in [6.07, 6.45) is 8.19. The molecule has 0 radical (unpaired) electrons. The molecule has 1 heterocycles. The number of hydrogen-bond acceptors (Lipinski definition) is 3. The van der Waals surface area contributed by atoms with Crippen LogP contribution in [0.15, 0.2) is 12.5 Å². The Morgan fingerprint density at radius 1 is 1.53 bits per heavy atom. The van der Waals surface area contributed by atoms with Crippen LogP contribution in [-0.4, -0.2) is 27.3 Å². The maximum absolute atomic E-state index is 8.82. The van der Waals surface area contributed by atoms with Crippen LogP contribution in [0.3, 0.4) is 0 Å². The molecule has 1 unspecified atom stereocenters. The zero-order chi connectivity index (χ0) is 11.1. The van der Waals surface area contributed by atoms with Gasteiger partial charge in [0.15, 0.2) is 0 Å². The molecular formula is C11H21N3O. The van der Waals surface area contributed by atoms with E-state index in [2.05, 4.69) is 16.5 Å². The molecule has 1 rings (SSSR count). The first-order valence-electron chi connectivity index (χ1n) is 5.63. The topological polar surface area (TPSA) is 64.1 Å². The van der Waals surface area contributed by atoms with Crippen LogP contribution in [0.2, 0.25) is 0 Å². The highest BCUT2D eigenvalue weighted by Crippen LogP contribution is 2.03. The molecule has 0 fully saturated rings. The minimum absolute atomic E-state index is 0.0166. The second-order valence-electron chi connectivity index (χ2n) is 3.96. The number of aromatic nitrogens is 2. The highest BCUT2D eigenvalue weighted by molar-refractivity contribution is 4.99. The summed E-state index contributed by atoms with van der Waals surface area (Å²) < 4.78 is 2.09. The Hall–Kier alpha value is -0.870. The molecule has 4 heteroatoms. The fourth-order valence-electron chi connectivity index (χ4n) is 1.51. The van der Waals surface area contributed by atoms with Gasteiger partial charge < -0.3 is 15.4 Å². The number of rotatable bonds is 7. The Kier molecular flexibility index (Phi) is 5.36. The van der Waals surface area contributed by atoms with E-state index in [1.807, 2.05) is 12.5 Å². The molecule has 0 saturated carbocycles. The molecule has 1 atom stereocenters. The largest absolute Gasteiger partial charge is 0.395 e. The maximum atomic E-state index is 8.82. The highest BCUT2D eigenvalue weighted by Gasteiger charge is 2.04. The molecule has 0 aliphatic rings. The average molecular weight is 211 g/mol. The lowest BCUT2D eigenvalue weighted by molar-refractivity contribution is 0.264. The molecule has 4 nitrogen and oxygen atoms in total. The van der Waals surface area contributed by atoms with Gasteiger partial charge in [0.05, 0.1) is 18.6 Å². The van der Waals surface area contributed by atoms with Crippen molar-refractivity contribution < 1.29 is 5.11 Å². The van der Waals surface area contributed by atoms with E-state index in [1.165, 1.54) is 19.3 Å². The summed E-state index contributed by atoms with van der Waals surface area (Å²) in [5.74, 6) is 0. The third kappa shape index (κ3) is 4.44. The summed E-state index contributed by atoms with van der Waals surface area (Å²) >= 11 is 0. The quantitative estimate of drug-likeness (QED) is 0.660. The number of aryl methyl sites for hydroxylation is 1. The number of aliphatic hydroxyl groups excluding tert-OH is 1. The van der Waals surface area contributed by atoms with Crippen molar-refractivity contribution in [3.8, 4) is 0 Å². The Morgan fingerprint density at radius 3 is 3.00 bits per heavy atom. The molecule has 0 spiro atoms. The monoisotopic (exact) mass is 211 g/mol. The number of aliphatic hydroxyl groups is 1. The van der Waals surface area contributed by atoms with Crippen LogP contribution in [-0.2, 0) is 13.0 Å². The standard InChI is InChI=1S/C11H21N3O/c1-2-3-4-5-14-7-11(13-9-14)6-10(12)8-15/h7,9-10,15H,2-6,8,12H2,1H3. The van der Waals surface area contributed by atoms with Gasteiger partial charge in [-0.05, 0) is 6.42 Å². The lowest BCUT2D eigenvalue weighted by atomic mass is 10.2. The van der Waals surface area contributed by atoms with Gasteiger partial charge in [-0.1, -0.05) is 19.8 Å². The van der Waals surface area contributed by atoms with Crippen LogP contribution in [0, 0.1) is 0 Å². The second kappa shape index (κ2) is 6.58. The number of imidazole rings is 1. The Morgan fingerprint density at radius 2 is 2.33 bits per heavy atom. The van der Waals surface area contributed by atoms with Crippen molar-refractivity contribution in [3.63, 3.8) is 0 Å². The Bertz CT molecular complexity index is 273. The van der Waals surface area contributed by atoms with Crippen molar-refractivity contribution >= 4 is 0 Å². The van der Waals surface area contributed by atoms with Crippen molar-refractivity contribution in [2.45, 2.75) is 45.2 Å². The first-order chi connectivity index (χ1) is 7.26. The molecule has 0 bridgehead atoms. The van der Waals surface area contributed by atoms with E-state index in [9.17, 15) is 0 Å². The van der Waals surface area contributed by atoms with E-state index < -0.39 is 0 Å². The molecule has 0 amide bonds. The first-order valence-corrected chi connectivity index (χ1v) is 5.63. The van der Waals surface area contributed by atoms with Crippen molar-refractivity contribution in [1.82, 2.24) is 9.55 Å². The van der Waals surface area contributed by atoms with Gasteiger partial charge in [-0.25, -0.2) is 4.98 Å². The van der Waals surface area contributed by atoms with Gasteiger partial charge in [0.1, 0.15) is 0 Å². The zero-order valence-electron chi connectivity index (χ0n) is 9.39. The molecule has 0 aliphatic heterocycles. The first kappa shape index (κ1) is 12.2. The molecule has 86 valence electrons. The summed E-state index contributed by atoms with van der Waals surface area (Å²) in [5.41, 5.74) is 6.60.